The normalized spacial score (nSPS) is 13.6. The van der Waals surface area contributed by atoms with Crippen LogP contribution in [0.1, 0.15) is 22.7 Å². The lowest BCUT2D eigenvalue weighted by atomic mass is 10.1. The first-order valence-electron chi connectivity index (χ1n) is 7.07. The zero-order valence-electron chi connectivity index (χ0n) is 12.7. The summed E-state index contributed by atoms with van der Waals surface area (Å²) in [6.07, 6.45) is 2.44. The first-order chi connectivity index (χ1) is 11.5. The molecule has 1 aromatic heterocycles. The molecule has 0 aliphatic carbocycles. The van der Waals surface area contributed by atoms with E-state index in [1.54, 1.807) is 18.2 Å². The van der Waals surface area contributed by atoms with Gasteiger partial charge in [0.2, 0.25) is 5.91 Å². The van der Waals surface area contributed by atoms with E-state index >= 15 is 0 Å². The van der Waals surface area contributed by atoms with Crippen LogP contribution in [0, 0.1) is 0 Å². The second kappa shape index (κ2) is 6.60. The molecule has 3 rings (SSSR count). The third-order valence-electron chi connectivity index (χ3n) is 3.54. The summed E-state index contributed by atoms with van der Waals surface area (Å²) in [4.78, 5) is 30.0. The standard InChI is InChI=1S/C15H14F2N4O2S/c1-20(7-12-18-4-5-21(12)15(16)17)14(23)9-2-3-11-10(6-9)19-13(22)8-24-11/h2-6,15H,7-8H2,1H3,(H,19,22). The number of aromatic nitrogens is 2. The number of hydrogen-bond acceptors (Lipinski definition) is 4. The Kier molecular flexibility index (Phi) is 4.52. The van der Waals surface area contributed by atoms with Gasteiger partial charge in [-0.2, -0.15) is 8.78 Å². The number of amides is 2. The van der Waals surface area contributed by atoms with Crippen LogP contribution >= 0.6 is 11.8 Å². The van der Waals surface area contributed by atoms with Crippen molar-refractivity contribution in [3.8, 4) is 0 Å². The first kappa shape index (κ1) is 16.4. The Balaban J connectivity index is 1.77. The van der Waals surface area contributed by atoms with Gasteiger partial charge in [0, 0.05) is 29.9 Å². The van der Waals surface area contributed by atoms with Crippen LogP contribution in [0.2, 0.25) is 0 Å². The molecule has 1 aromatic carbocycles. The fraction of sp³-hybridized carbons (Fsp3) is 0.267. The average Bonchev–Trinajstić information content (AvgIpc) is 3.01. The molecule has 2 aromatic rings. The maximum Gasteiger partial charge on any atom is 0.319 e. The third-order valence-corrected chi connectivity index (χ3v) is 4.62. The molecule has 126 valence electrons. The fourth-order valence-electron chi connectivity index (χ4n) is 2.36. The maximum absolute atomic E-state index is 12.8. The number of thioether (sulfide) groups is 1. The number of nitrogens with zero attached hydrogens (tertiary/aromatic N) is 3. The van der Waals surface area contributed by atoms with E-state index in [9.17, 15) is 18.4 Å². The zero-order valence-corrected chi connectivity index (χ0v) is 13.5. The Morgan fingerprint density at radius 1 is 1.50 bits per heavy atom. The van der Waals surface area contributed by atoms with Crippen LogP contribution in [0.5, 0.6) is 0 Å². The molecule has 1 aliphatic rings. The molecular weight excluding hydrogens is 338 g/mol. The number of anilines is 1. The van der Waals surface area contributed by atoms with Crippen molar-refractivity contribution in [1.29, 1.82) is 0 Å². The van der Waals surface area contributed by atoms with E-state index in [-0.39, 0.29) is 24.2 Å². The van der Waals surface area contributed by atoms with Crippen LogP contribution in [-0.4, -0.2) is 39.1 Å². The van der Waals surface area contributed by atoms with E-state index in [1.165, 1.54) is 36.1 Å². The minimum absolute atomic E-state index is 0.0473. The van der Waals surface area contributed by atoms with Crippen LogP contribution in [0.25, 0.3) is 0 Å². The molecule has 1 N–H and O–H groups in total. The molecular formula is C15H14F2N4O2S. The number of rotatable bonds is 4. The number of carbonyl (C=O) groups excluding carboxylic acids is 2. The lowest BCUT2D eigenvalue weighted by Gasteiger charge is -2.20. The van der Waals surface area contributed by atoms with Crippen molar-refractivity contribution in [3.05, 3.63) is 42.0 Å². The largest absolute Gasteiger partial charge is 0.334 e. The van der Waals surface area contributed by atoms with Crippen LogP contribution in [0.15, 0.2) is 35.5 Å². The van der Waals surface area contributed by atoms with Gasteiger partial charge in [-0.15, -0.1) is 11.8 Å². The Morgan fingerprint density at radius 3 is 3.04 bits per heavy atom. The van der Waals surface area contributed by atoms with Crippen LogP contribution in [-0.2, 0) is 11.3 Å². The zero-order chi connectivity index (χ0) is 17.3. The SMILES string of the molecule is CN(Cc1nccn1C(F)F)C(=O)c1ccc2c(c1)NC(=O)CS2. The molecule has 2 amide bonds. The monoisotopic (exact) mass is 352 g/mol. The second-order valence-electron chi connectivity index (χ2n) is 5.24. The van der Waals surface area contributed by atoms with Gasteiger partial charge < -0.3 is 10.2 Å². The molecule has 1 aliphatic heterocycles. The van der Waals surface area contributed by atoms with Gasteiger partial charge in [0.1, 0.15) is 5.82 Å². The topological polar surface area (TPSA) is 67.2 Å². The van der Waals surface area contributed by atoms with Gasteiger partial charge >= 0.3 is 6.55 Å². The van der Waals surface area contributed by atoms with Crippen LogP contribution < -0.4 is 5.32 Å². The molecule has 0 spiro atoms. The van der Waals surface area contributed by atoms with Crippen LogP contribution in [0.4, 0.5) is 14.5 Å². The van der Waals surface area contributed by atoms with E-state index in [1.807, 2.05) is 0 Å². The highest BCUT2D eigenvalue weighted by Gasteiger charge is 2.20. The molecule has 0 radical (unpaired) electrons. The lowest BCUT2D eigenvalue weighted by molar-refractivity contribution is -0.113. The minimum atomic E-state index is -2.71. The van der Waals surface area contributed by atoms with Crippen molar-refractivity contribution < 1.29 is 18.4 Å². The van der Waals surface area contributed by atoms with Crippen molar-refractivity contribution in [3.63, 3.8) is 0 Å². The van der Waals surface area contributed by atoms with Gasteiger partial charge in [-0.25, -0.2) is 4.98 Å². The number of carbonyl (C=O) groups is 2. The molecule has 0 saturated carbocycles. The summed E-state index contributed by atoms with van der Waals surface area (Å²) in [5.74, 6) is -0.0187. The Hall–Kier alpha value is -2.42. The van der Waals surface area contributed by atoms with Crippen molar-refractivity contribution in [2.24, 2.45) is 0 Å². The van der Waals surface area contributed by atoms with Crippen molar-refractivity contribution in [2.75, 3.05) is 18.1 Å². The quantitative estimate of drug-likeness (QED) is 0.918. The molecule has 0 fully saturated rings. The summed E-state index contributed by atoms with van der Waals surface area (Å²) < 4.78 is 26.4. The molecule has 9 heteroatoms. The van der Waals surface area contributed by atoms with Crippen LogP contribution in [0.3, 0.4) is 0 Å². The van der Waals surface area contributed by atoms with Gasteiger partial charge in [-0.3, -0.25) is 14.2 Å². The molecule has 0 unspecified atom stereocenters. The van der Waals surface area contributed by atoms with Crippen molar-refractivity contribution >= 4 is 29.3 Å². The summed E-state index contributed by atoms with van der Waals surface area (Å²) in [6, 6.07) is 5.01. The molecule has 24 heavy (non-hydrogen) atoms. The number of imidazole rings is 1. The average molecular weight is 352 g/mol. The third kappa shape index (κ3) is 3.25. The Bertz CT molecular complexity index is 794. The molecule has 2 heterocycles. The predicted octanol–water partition coefficient (Wildman–Crippen LogP) is 2.59. The molecule has 6 nitrogen and oxygen atoms in total. The predicted molar refractivity (Wildman–Crippen MR) is 85.1 cm³/mol. The number of alkyl halides is 2. The van der Waals surface area contributed by atoms with E-state index < -0.39 is 6.55 Å². The molecule has 0 saturated heterocycles. The highest BCUT2D eigenvalue weighted by Crippen LogP contribution is 2.32. The second-order valence-corrected chi connectivity index (χ2v) is 6.25. The number of benzene rings is 1. The summed E-state index contributed by atoms with van der Waals surface area (Å²) >= 11 is 1.40. The minimum Gasteiger partial charge on any atom is -0.334 e. The summed E-state index contributed by atoms with van der Waals surface area (Å²) in [5.41, 5.74) is 0.957. The summed E-state index contributed by atoms with van der Waals surface area (Å²) in [5, 5.41) is 2.72. The number of nitrogens with one attached hydrogen (secondary N) is 1. The van der Waals surface area contributed by atoms with Gasteiger partial charge in [0.25, 0.3) is 5.91 Å². The highest BCUT2D eigenvalue weighted by molar-refractivity contribution is 8.00. The maximum atomic E-state index is 12.8. The highest BCUT2D eigenvalue weighted by atomic mass is 32.2. The smallest absolute Gasteiger partial charge is 0.319 e. The van der Waals surface area contributed by atoms with Gasteiger partial charge in [-0.05, 0) is 18.2 Å². The van der Waals surface area contributed by atoms with Crippen molar-refractivity contribution in [1.82, 2.24) is 14.5 Å². The number of fused-ring (bicyclic) bond motifs is 1. The Morgan fingerprint density at radius 2 is 2.29 bits per heavy atom. The number of halogens is 2. The van der Waals surface area contributed by atoms with E-state index in [4.69, 9.17) is 0 Å². The molecule has 0 atom stereocenters. The van der Waals surface area contributed by atoms with E-state index in [0.29, 0.717) is 21.6 Å². The summed E-state index contributed by atoms with van der Waals surface area (Å²) in [6.45, 7) is -2.75. The van der Waals surface area contributed by atoms with E-state index in [0.717, 1.165) is 4.90 Å². The van der Waals surface area contributed by atoms with Crippen molar-refractivity contribution in [2.45, 2.75) is 18.0 Å². The first-order valence-corrected chi connectivity index (χ1v) is 8.06. The van der Waals surface area contributed by atoms with Gasteiger partial charge in [0.15, 0.2) is 0 Å². The summed E-state index contributed by atoms with van der Waals surface area (Å²) in [7, 11) is 1.51. The van der Waals surface area contributed by atoms with Gasteiger partial charge in [-0.1, -0.05) is 0 Å². The Labute approximate surface area is 140 Å². The molecule has 0 bridgehead atoms. The number of hydrogen-bond donors (Lipinski definition) is 1. The van der Waals surface area contributed by atoms with Gasteiger partial charge in [0.05, 0.1) is 18.0 Å². The van der Waals surface area contributed by atoms with E-state index in [2.05, 4.69) is 10.3 Å². The fourth-order valence-corrected chi connectivity index (χ4v) is 3.15. The lowest BCUT2D eigenvalue weighted by Crippen LogP contribution is -2.28.